The van der Waals surface area contributed by atoms with Gasteiger partial charge in [0.1, 0.15) is 5.54 Å². The molecule has 1 aromatic rings. The van der Waals surface area contributed by atoms with Gasteiger partial charge in [-0.05, 0) is 48.8 Å². The molecule has 1 atom stereocenters. The van der Waals surface area contributed by atoms with Gasteiger partial charge in [0.25, 0.3) is 0 Å². The number of carboxylic acids is 1. The van der Waals surface area contributed by atoms with Gasteiger partial charge >= 0.3 is 5.97 Å². The Balaban J connectivity index is 2.42. The van der Waals surface area contributed by atoms with Gasteiger partial charge in [-0.1, -0.05) is 25.1 Å². The van der Waals surface area contributed by atoms with Crippen molar-refractivity contribution in [3.8, 4) is 0 Å². The van der Waals surface area contributed by atoms with E-state index in [1.807, 2.05) is 25.1 Å². The molecule has 0 aromatic heterocycles. The second kappa shape index (κ2) is 4.49. The highest BCUT2D eigenvalue weighted by atomic mass is 16.4. The summed E-state index contributed by atoms with van der Waals surface area (Å²) in [7, 11) is 0. The molecule has 3 heteroatoms. The van der Waals surface area contributed by atoms with Crippen LogP contribution in [0.15, 0.2) is 18.2 Å². The zero-order chi connectivity index (χ0) is 12.5. The lowest BCUT2D eigenvalue weighted by Crippen LogP contribution is -2.44. The predicted molar refractivity (Wildman–Crippen MR) is 66.9 cm³/mol. The molecule has 2 rings (SSSR count). The van der Waals surface area contributed by atoms with Crippen molar-refractivity contribution < 1.29 is 9.90 Å². The van der Waals surface area contributed by atoms with E-state index in [1.54, 1.807) is 0 Å². The molecule has 0 amide bonds. The van der Waals surface area contributed by atoms with E-state index >= 15 is 0 Å². The van der Waals surface area contributed by atoms with Crippen molar-refractivity contribution in [3.63, 3.8) is 0 Å². The Hall–Kier alpha value is -1.35. The third-order valence-corrected chi connectivity index (χ3v) is 3.80. The van der Waals surface area contributed by atoms with Crippen LogP contribution in [-0.4, -0.2) is 11.1 Å². The van der Waals surface area contributed by atoms with Crippen LogP contribution in [0.2, 0.25) is 0 Å². The molecule has 3 nitrogen and oxygen atoms in total. The van der Waals surface area contributed by atoms with Gasteiger partial charge in [-0.25, -0.2) is 4.79 Å². The maximum Gasteiger partial charge on any atom is 0.328 e. The molecule has 0 spiro atoms. The molecule has 0 radical (unpaired) electrons. The van der Waals surface area contributed by atoms with Crippen molar-refractivity contribution in [2.75, 3.05) is 0 Å². The standard InChI is InChI=1S/C14H19NO2/c1-2-14(15,13(16)17)12-8-7-10-5-3-4-6-11(10)9-12/h7-9H,2-6,15H2,1H3,(H,16,17). The first-order valence-corrected chi connectivity index (χ1v) is 6.22. The van der Waals surface area contributed by atoms with Crippen LogP contribution in [0.1, 0.15) is 42.9 Å². The van der Waals surface area contributed by atoms with Crippen molar-refractivity contribution in [1.82, 2.24) is 0 Å². The summed E-state index contributed by atoms with van der Waals surface area (Å²) < 4.78 is 0. The van der Waals surface area contributed by atoms with E-state index in [0.29, 0.717) is 6.42 Å². The highest BCUT2D eigenvalue weighted by Gasteiger charge is 2.34. The van der Waals surface area contributed by atoms with Crippen LogP contribution in [0.5, 0.6) is 0 Å². The fourth-order valence-electron chi connectivity index (χ4n) is 2.49. The molecule has 3 N–H and O–H groups in total. The molecule has 0 aliphatic heterocycles. The number of benzene rings is 1. The molecule has 0 heterocycles. The number of nitrogens with two attached hydrogens (primary N) is 1. The Kier molecular flexibility index (Phi) is 3.20. The molecule has 0 saturated heterocycles. The minimum Gasteiger partial charge on any atom is -0.480 e. The monoisotopic (exact) mass is 233 g/mol. The summed E-state index contributed by atoms with van der Waals surface area (Å²) in [4.78, 5) is 11.3. The van der Waals surface area contributed by atoms with E-state index in [0.717, 1.165) is 18.4 Å². The fraction of sp³-hybridized carbons (Fsp3) is 0.500. The average molecular weight is 233 g/mol. The maximum absolute atomic E-state index is 11.3. The molecule has 0 bridgehead atoms. The highest BCUT2D eigenvalue weighted by molar-refractivity contribution is 5.80. The first-order valence-electron chi connectivity index (χ1n) is 6.22. The summed E-state index contributed by atoms with van der Waals surface area (Å²) in [6, 6.07) is 5.91. The van der Waals surface area contributed by atoms with Gasteiger partial charge in [0, 0.05) is 0 Å². The van der Waals surface area contributed by atoms with Gasteiger partial charge < -0.3 is 10.8 Å². The second-order valence-electron chi connectivity index (χ2n) is 4.82. The van der Waals surface area contributed by atoms with Crippen LogP contribution in [0, 0.1) is 0 Å². The molecule has 92 valence electrons. The highest BCUT2D eigenvalue weighted by Crippen LogP contribution is 2.28. The quantitative estimate of drug-likeness (QED) is 0.841. The van der Waals surface area contributed by atoms with Crippen LogP contribution in [0.3, 0.4) is 0 Å². The van der Waals surface area contributed by atoms with E-state index in [2.05, 4.69) is 0 Å². The van der Waals surface area contributed by atoms with E-state index in [9.17, 15) is 9.90 Å². The Morgan fingerprint density at radius 2 is 2.00 bits per heavy atom. The number of hydrogen-bond acceptors (Lipinski definition) is 2. The number of carbonyl (C=O) groups is 1. The van der Waals surface area contributed by atoms with Gasteiger partial charge in [0.05, 0.1) is 0 Å². The third-order valence-electron chi connectivity index (χ3n) is 3.80. The molecule has 1 unspecified atom stereocenters. The molecular weight excluding hydrogens is 214 g/mol. The largest absolute Gasteiger partial charge is 0.480 e. The predicted octanol–water partition coefficient (Wildman–Crippen LogP) is 2.21. The average Bonchev–Trinajstić information content (AvgIpc) is 2.37. The summed E-state index contributed by atoms with van der Waals surface area (Å²) in [5.41, 5.74) is 8.11. The van der Waals surface area contributed by atoms with Crippen molar-refractivity contribution in [2.24, 2.45) is 5.73 Å². The smallest absolute Gasteiger partial charge is 0.328 e. The molecular formula is C14H19NO2. The molecule has 1 aliphatic rings. The number of rotatable bonds is 3. The minimum atomic E-state index is -1.24. The summed E-state index contributed by atoms with van der Waals surface area (Å²) in [5, 5.41) is 9.27. The number of carboxylic acid groups (broad SMARTS) is 1. The van der Waals surface area contributed by atoms with Crippen LogP contribution in [-0.2, 0) is 23.2 Å². The summed E-state index contributed by atoms with van der Waals surface area (Å²) in [5.74, 6) is -0.948. The maximum atomic E-state index is 11.3. The summed E-state index contributed by atoms with van der Waals surface area (Å²) in [6.45, 7) is 1.81. The van der Waals surface area contributed by atoms with Crippen molar-refractivity contribution >= 4 is 5.97 Å². The van der Waals surface area contributed by atoms with Crippen LogP contribution < -0.4 is 5.73 Å². The molecule has 1 aliphatic carbocycles. The number of hydrogen-bond donors (Lipinski definition) is 2. The molecule has 0 saturated carbocycles. The van der Waals surface area contributed by atoms with Crippen LogP contribution in [0.4, 0.5) is 0 Å². The minimum absolute atomic E-state index is 0.404. The number of aryl methyl sites for hydroxylation is 2. The van der Waals surface area contributed by atoms with Gasteiger partial charge in [-0.3, -0.25) is 0 Å². The zero-order valence-electron chi connectivity index (χ0n) is 10.2. The van der Waals surface area contributed by atoms with E-state index in [4.69, 9.17) is 5.73 Å². The first-order chi connectivity index (χ1) is 8.08. The summed E-state index contributed by atoms with van der Waals surface area (Å²) >= 11 is 0. The summed E-state index contributed by atoms with van der Waals surface area (Å²) in [6.07, 6.45) is 4.97. The number of fused-ring (bicyclic) bond motifs is 1. The molecule has 0 fully saturated rings. The molecule has 1 aromatic carbocycles. The van der Waals surface area contributed by atoms with E-state index < -0.39 is 11.5 Å². The molecule has 17 heavy (non-hydrogen) atoms. The fourth-order valence-corrected chi connectivity index (χ4v) is 2.49. The van der Waals surface area contributed by atoms with Gasteiger partial charge in [-0.15, -0.1) is 0 Å². The van der Waals surface area contributed by atoms with Crippen molar-refractivity contribution in [3.05, 3.63) is 34.9 Å². The first kappa shape index (κ1) is 12.1. The zero-order valence-corrected chi connectivity index (χ0v) is 10.2. The normalized spacial score (nSPS) is 18.2. The van der Waals surface area contributed by atoms with Crippen molar-refractivity contribution in [1.29, 1.82) is 0 Å². The number of aliphatic carboxylic acids is 1. The SMILES string of the molecule is CCC(N)(C(=O)O)c1ccc2c(c1)CCCC2. The Morgan fingerprint density at radius 1 is 1.35 bits per heavy atom. The second-order valence-corrected chi connectivity index (χ2v) is 4.82. The van der Waals surface area contributed by atoms with Crippen LogP contribution >= 0.6 is 0 Å². The Labute approximate surface area is 102 Å². The lowest BCUT2D eigenvalue weighted by molar-refractivity contribution is -0.143. The lowest BCUT2D eigenvalue weighted by atomic mass is 9.83. The van der Waals surface area contributed by atoms with Crippen molar-refractivity contribution in [2.45, 2.75) is 44.6 Å². The third kappa shape index (κ3) is 2.07. The topological polar surface area (TPSA) is 63.3 Å². The van der Waals surface area contributed by atoms with E-state index in [-0.39, 0.29) is 0 Å². The van der Waals surface area contributed by atoms with Crippen LogP contribution in [0.25, 0.3) is 0 Å². The lowest BCUT2D eigenvalue weighted by Gasteiger charge is -2.26. The Morgan fingerprint density at radius 3 is 2.59 bits per heavy atom. The Bertz CT molecular complexity index is 442. The van der Waals surface area contributed by atoms with Gasteiger partial charge in [0.2, 0.25) is 0 Å². The van der Waals surface area contributed by atoms with Gasteiger partial charge in [0.15, 0.2) is 0 Å². The van der Waals surface area contributed by atoms with E-state index in [1.165, 1.54) is 24.0 Å². The van der Waals surface area contributed by atoms with Gasteiger partial charge in [-0.2, -0.15) is 0 Å².